The molecule has 0 atom stereocenters. The van der Waals surface area contributed by atoms with Crippen LogP contribution in [0.25, 0.3) is 11.1 Å². The summed E-state index contributed by atoms with van der Waals surface area (Å²) >= 11 is 5.66. The summed E-state index contributed by atoms with van der Waals surface area (Å²) in [5, 5.41) is 10.8. The Kier molecular flexibility index (Phi) is 4.11. The van der Waals surface area contributed by atoms with Crippen molar-refractivity contribution in [3.63, 3.8) is 0 Å². The minimum absolute atomic E-state index is 0. The second kappa shape index (κ2) is 4.74. The average Bonchev–Trinajstić information content (AvgIpc) is 2.46. The van der Waals surface area contributed by atoms with Crippen molar-refractivity contribution in [2.24, 2.45) is 0 Å². The molecule has 14 heavy (non-hydrogen) atoms. The van der Waals surface area contributed by atoms with Gasteiger partial charge in [0.2, 0.25) is 5.89 Å². The number of carbonyl (C=O) groups is 1. The Morgan fingerprint density at radius 3 is 2.86 bits per heavy atom. The fraction of sp³-hybridized carbons (Fsp3) is 0. The van der Waals surface area contributed by atoms with E-state index in [0.29, 0.717) is 16.1 Å². The predicted molar refractivity (Wildman–Crippen MR) is 43.3 cm³/mol. The van der Waals surface area contributed by atoms with Crippen LogP contribution in [0.2, 0.25) is 5.02 Å². The molecule has 0 aliphatic rings. The fourth-order valence-electron chi connectivity index (χ4n) is 0.988. The van der Waals surface area contributed by atoms with Gasteiger partial charge in [-0.1, -0.05) is 11.6 Å². The first kappa shape index (κ1) is 12.2. The topological polar surface area (TPSA) is 66.2 Å². The Hall–Kier alpha value is 0.0864. The van der Waals surface area contributed by atoms with E-state index in [2.05, 4.69) is 4.98 Å². The second-order valence-corrected chi connectivity index (χ2v) is 2.85. The summed E-state index contributed by atoms with van der Waals surface area (Å²) < 4.78 is 4.85. The molecule has 0 aliphatic heterocycles. The van der Waals surface area contributed by atoms with Crippen LogP contribution in [0.15, 0.2) is 22.6 Å². The third-order valence-corrected chi connectivity index (χ3v) is 1.76. The number of hydrogen-bond donors (Lipinski definition) is 0. The number of halogens is 1. The van der Waals surface area contributed by atoms with Crippen molar-refractivity contribution in [2.45, 2.75) is 0 Å². The molecule has 4 nitrogen and oxygen atoms in total. The SMILES string of the molecule is O=C([O-])c1nc2cc(Cl)ccc2o1.[K+]. The zero-order valence-corrected chi connectivity index (χ0v) is 11.2. The van der Waals surface area contributed by atoms with Gasteiger partial charge < -0.3 is 14.3 Å². The average molecular weight is 236 g/mol. The van der Waals surface area contributed by atoms with Gasteiger partial charge in [0, 0.05) is 5.02 Å². The zero-order valence-electron chi connectivity index (χ0n) is 7.28. The van der Waals surface area contributed by atoms with Crippen molar-refractivity contribution < 1.29 is 65.7 Å². The molecule has 1 heterocycles. The Morgan fingerprint density at radius 2 is 2.21 bits per heavy atom. The third-order valence-electron chi connectivity index (χ3n) is 1.52. The molecule has 0 N–H and O–H groups in total. The van der Waals surface area contributed by atoms with Crippen molar-refractivity contribution in [2.75, 3.05) is 0 Å². The molecule has 0 fully saturated rings. The minimum Gasteiger partial charge on any atom is -0.540 e. The van der Waals surface area contributed by atoms with Crippen LogP contribution in [-0.4, -0.2) is 11.0 Å². The Morgan fingerprint density at radius 1 is 1.50 bits per heavy atom. The van der Waals surface area contributed by atoms with Crippen molar-refractivity contribution in [1.29, 1.82) is 0 Å². The summed E-state index contributed by atoms with van der Waals surface area (Å²) in [6, 6.07) is 4.66. The molecule has 6 heteroatoms. The number of carboxylic acids is 1. The molecule has 0 bridgehead atoms. The smallest absolute Gasteiger partial charge is 0.540 e. The van der Waals surface area contributed by atoms with Gasteiger partial charge in [0.05, 0.1) is 0 Å². The zero-order chi connectivity index (χ0) is 9.42. The summed E-state index contributed by atoms with van der Waals surface area (Å²) in [5.74, 6) is -1.87. The van der Waals surface area contributed by atoms with Gasteiger partial charge in [0.25, 0.3) is 0 Å². The number of nitrogens with zero attached hydrogens (tertiary/aromatic N) is 1. The fourth-order valence-corrected chi connectivity index (χ4v) is 1.15. The first-order chi connectivity index (χ1) is 6.16. The number of oxazole rings is 1. The Bertz CT molecular complexity index is 482. The van der Waals surface area contributed by atoms with Crippen molar-refractivity contribution in [1.82, 2.24) is 4.98 Å². The van der Waals surface area contributed by atoms with Crippen LogP contribution in [-0.2, 0) is 0 Å². The van der Waals surface area contributed by atoms with E-state index in [1.54, 1.807) is 12.1 Å². The van der Waals surface area contributed by atoms with E-state index in [9.17, 15) is 9.90 Å². The molecule has 0 radical (unpaired) electrons. The van der Waals surface area contributed by atoms with Crippen molar-refractivity contribution >= 4 is 28.7 Å². The molecule has 0 saturated heterocycles. The normalized spacial score (nSPS) is 9.79. The van der Waals surface area contributed by atoms with Gasteiger partial charge in [-0.15, -0.1) is 0 Å². The number of carboxylic acid groups (broad SMARTS) is 1. The number of benzene rings is 1. The first-order valence-corrected chi connectivity index (χ1v) is 3.82. The van der Waals surface area contributed by atoms with E-state index in [-0.39, 0.29) is 51.4 Å². The van der Waals surface area contributed by atoms with Crippen LogP contribution in [0.3, 0.4) is 0 Å². The van der Waals surface area contributed by atoms with Crippen LogP contribution in [0.4, 0.5) is 0 Å². The third kappa shape index (κ3) is 2.36. The standard InChI is InChI=1S/C8H4ClNO3.K/c9-4-1-2-6-5(3-4)10-7(13-6)8(11)12;/h1-3H,(H,11,12);/q;+1/p-1. The van der Waals surface area contributed by atoms with Crippen molar-refractivity contribution in [3.8, 4) is 0 Å². The number of carbonyl (C=O) groups excluding carboxylic acids is 1. The summed E-state index contributed by atoms with van der Waals surface area (Å²) in [5.41, 5.74) is 0.787. The van der Waals surface area contributed by atoms with Gasteiger partial charge in [-0.05, 0) is 18.2 Å². The maximum absolute atomic E-state index is 10.4. The molecule has 0 amide bonds. The van der Waals surface area contributed by atoms with Gasteiger partial charge in [0.1, 0.15) is 11.5 Å². The van der Waals surface area contributed by atoms with Gasteiger partial charge in [-0.2, -0.15) is 0 Å². The minimum atomic E-state index is -1.44. The summed E-state index contributed by atoms with van der Waals surface area (Å²) in [6.07, 6.45) is 0. The molecule has 2 aromatic rings. The monoisotopic (exact) mass is 235 g/mol. The van der Waals surface area contributed by atoms with E-state index in [1.165, 1.54) is 6.07 Å². The summed E-state index contributed by atoms with van der Waals surface area (Å²) in [7, 11) is 0. The van der Waals surface area contributed by atoms with E-state index in [4.69, 9.17) is 16.0 Å². The van der Waals surface area contributed by atoms with E-state index in [1.807, 2.05) is 0 Å². The van der Waals surface area contributed by atoms with Crippen molar-refractivity contribution in [3.05, 3.63) is 29.1 Å². The molecule has 0 saturated carbocycles. The largest absolute Gasteiger partial charge is 1.00 e. The quantitative estimate of drug-likeness (QED) is 0.529. The Balaban J connectivity index is 0.000000980. The van der Waals surface area contributed by atoms with Gasteiger partial charge in [-0.3, -0.25) is 0 Å². The Labute approximate surface area is 127 Å². The molecule has 0 unspecified atom stereocenters. The molecule has 1 aromatic carbocycles. The summed E-state index contributed by atoms with van der Waals surface area (Å²) in [6.45, 7) is 0. The number of rotatable bonds is 1. The van der Waals surface area contributed by atoms with Gasteiger partial charge in [-0.25, -0.2) is 4.98 Å². The molecular formula is C8H3ClKNO3. The molecule has 2 rings (SSSR count). The van der Waals surface area contributed by atoms with Crippen LogP contribution < -0.4 is 56.5 Å². The molecule has 0 spiro atoms. The molecular weight excluding hydrogens is 233 g/mol. The first-order valence-electron chi connectivity index (χ1n) is 3.44. The van der Waals surface area contributed by atoms with Gasteiger partial charge in [0.15, 0.2) is 5.58 Å². The van der Waals surface area contributed by atoms with Crippen LogP contribution in [0.5, 0.6) is 0 Å². The number of aromatic carboxylic acids is 1. The number of aromatic nitrogens is 1. The second-order valence-electron chi connectivity index (χ2n) is 2.42. The van der Waals surface area contributed by atoms with Crippen LogP contribution >= 0.6 is 11.6 Å². The van der Waals surface area contributed by atoms with E-state index >= 15 is 0 Å². The van der Waals surface area contributed by atoms with E-state index < -0.39 is 11.9 Å². The predicted octanol–water partition coefficient (Wildman–Crippen LogP) is -2.15. The number of hydrogen-bond acceptors (Lipinski definition) is 4. The van der Waals surface area contributed by atoms with Crippen LogP contribution in [0.1, 0.15) is 10.7 Å². The van der Waals surface area contributed by atoms with Crippen LogP contribution in [0, 0.1) is 0 Å². The van der Waals surface area contributed by atoms with Gasteiger partial charge >= 0.3 is 51.4 Å². The maximum Gasteiger partial charge on any atom is 1.00 e. The van der Waals surface area contributed by atoms with E-state index in [0.717, 1.165) is 0 Å². The molecule has 66 valence electrons. The maximum atomic E-state index is 10.4. The molecule has 1 aromatic heterocycles. The molecule has 0 aliphatic carbocycles. The summed E-state index contributed by atoms with van der Waals surface area (Å²) in [4.78, 5) is 14.0. The number of fused-ring (bicyclic) bond motifs is 1.